The van der Waals surface area contributed by atoms with E-state index < -0.39 is 0 Å². The standard InChI is InChI=1S/C11H11ClFN5/c1-6-4-10(17-11(15-6)18-14)16-9-5-7(13)2-3-8(9)12/h2-5H,14H2,1H3,(H2,15,16,17,18). The molecule has 0 radical (unpaired) electrons. The number of anilines is 3. The molecule has 0 amide bonds. The van der Waals surface area contributed by atoms with Crippen LogP contribution in [-0.4, -0.2) is 9.97 Å². The Bertz CT molecular complexity index is 575. The average Bonchev–Trinajstić information content (AvgIpc) is 2.33. The number of nitrogen functional groups attached to an aromatic ring is 1. The third kappa shape index (κ3) is 2.85. The van der Waals surface area contributed by atoms with Crippen LogP contribution in [0.3, 0.4) is 0 Å². The van der Waals surface area contributed by atoms with E-state index in [-0.39, 0.29) is 11.8 Å². The highest BCUT2D eigenvalue weighted by atomic mass is 35.5. The van der Waals surface area contributed by atoms with Gasteiger partial charge in [-0.3, -0.25) is 5.43 Å². The van der Waals surface area contributed by atoms with Crippen LogP contribution in [0.25, 0.3) is 0 Å². The Balaban J connectivity index is 2.33. The molecule has 1 aromatic heterocycles. The van der Waals surface area contributed by atoms with Gasteiger partial charge in [-0.2, -0.15) is 4.98 Å². The van der Waals surface area contributed by atoms with Crippen molar-refractivity contribution in [2.75, 3.05) is 10.7 Å². The molecule has 4 N–H and O–H groups in total. The molecule has 2 aromatic rings. The number of hydrazine groups is 1. The number of nitrogens with two attached hydrogens (primary N) is 1. The fourth-order valence-electron chi connectivity index (χ4n) is 1.43. The van der Waals surface area contributed by atoms with E-state index >= 15 is 0 Å². The Labute approximate surface area is 108 Å². The summed E-state index contributed by atoms with van der Waals surface area (Å²) >= 11 is 5.95. The molecule has 0 aliphatic rings. The van der Waals surface area contributed by atoms with Crippen LogP contribution in [0.5, 0.6) is 0 Å². The number of aromatic nitrogens is 2. The van der Waals surface area contributed by atoms with Gasteiger partial charge in [0.1, 0.15) is 11.6 Å². The molecular formula is C11H11ClFN5. The van der Waals surface area contributed by atoms with Gasteiger partial charge in [0.25, 0.3) is 0 Å². The SMILES string of the molecule is Cc1cc(Nc2cc(F)ccc2Cl)nc(NN)n1. The zero-order chi connectivity index (χ0) is 13.1. The van der Waals surface area contributed by atoms with Crippen molar-refractivity contribution >= 4 is 29.1 Å². The summed E-state index contributed by atoms with van der Waals surface area (Å²) in [4.78, 5) is 8.12. The van der Waals surface area contributed by atoms with Gasteiger partial charge in [-0.1, -0.05) is 11.6 Å². The second kappa shape index (κ2) is 5.16. The van der Waals surface area contributed by atoms with E-state index in [1.807, 2.05) is 0 Å². The Morgan fingerprint density at radius 3 is 2.78 bits per heavy atom. The minimum atomic E-state index is -0.384. The lowest BCUT2D eigenvalue weighted by atomic mass is 10.3. The highest BCUT2D eigenvalue weighted by molar-refractivity contribution is 6.33. The average molecular weight is 268 g/mol. The summed E-state index contributed by atoms with van der Waals surface area (Å²) in [5.41, 5.74) is 3.49. The Hall–Kier alpha value is -1.92. The molecule has 1 aromatic carbocycles. The highest BCUT2D eigenvalue weighted by Crippen LogP contribution is 2.25. The minimum Gasteiger partial charge on any atom is -0.339 e. The van der Waals surface area contributed by atoms with Gasteiger partial charge in [-0.05, 0) is 25.1 Å². The normalized spacial score (nSPS) is 10.2. The monoisotopic (exact) mass is 267 g/mol. The van der Waals surface area contributed by atoms with Crippen LogP contribution >= 0.6 is 11.6 Å². The second-order valence-corrected chi connectivity index (χ2v) is 4.02. The molecule has 0 aliphatic carbocycles. The summed E-state index contributed by atoms with van der Waals surface area (Å²) in [6, 6.07) is 5.73. The topological polar surface area (TPSA) is 75.9 Å². The van der Waals surface area contributed by atoms with Crippen molar-refractivity contribution in [1.29, 1.82) is 0 Å². The first-order valence-corrected chi connectivity index (χ1v) is 5.50. The molecule has 0 spiro atoms. The summed E-state index contributed by atoms with van der Waals surface area (Å²) in [5.74, 6) is 5.61. The van der Waals surface area contributed by atoms with Gasteiger partial charge in [0.2, 0.25) is 5.95 Å². The van der Waals surface area contributed by atoms with E-state index in [2.05, 4.69) is 20.7 Å². The molecule has 94 valence electrons. The molecule has 1 heterocycles. The highest BCUT2D eigenvalue weighted by Gasteiger charge is 2.05. The lowest BCUT2D eigenvalue weighted by molar-refractivity contribution is 0.628. The maximum absolute atomic E-state index is 13.1. The van der Waals surface area contributed by atoms with Crippen LogP contribution in [0.4, 0.5) is 21.8 Å². The summed E-state index contributed by atoms with van der Waals surface area (Å²) in [6.45, 7) is 1.79. The molecule has 0 fully saturated rings. The van der Waals surface area contributed by atoms with Crippen LogP contribution in [0.2, 0.25) is 5.02 Å². The zero-order valence-corrected chi connectivity index (χ0v) is 10.3. The van der Waals surface area contributed by atoms with Crippen molar-refractivity contribution in [1.82, 2.24) is 9.97 Å². The van der Waals surface area contributed by atoms with Crippen LogP contribution in [0, 0.1) is 12.7 Å². The third-order valence-corrected chi connectivity index (χ3v) is 2.50. The molecule has 0 saturated heterocycles. The Morgan fingerprint density at radius 1 is 1.28 bits per heavy atom. The van der Waals surface area contributed by atoms with E-state index in [4.69, 9.17) is 17.4 Å². The predicted molar refractivity (Wildman–Crippen MR) is 69.3 cm³/mol. The Morgan fingerprint density at radius 2 is 2.06 bits per heavy atom. The largest absolute Gasteiger partial charge is 0.339 e. The number of nitrogens with zero attached hydrogens (tertiary/aromatic N) is 2. The molecule has 2 rings (SSSR count). The lowest BCUT2D eigenvalue weighted by Gasteiger charge is -2.09. The smallest absolute Gasteiger partial charge is 0.239 e. The first-order valence-electron chi connectivity index (χ1n) is 5.13. The summed E-state index contributed by atoms with van der Waals surface area (Å²) < 4.78 is 13.1. The van der Waals surface area contributed by atoms with Crippen molar-refractivity contribution in [2.45, 2.75) is 6.92 Å². The number of nitrogens with one attached hydrogen (secondary N) is 2. The van der Waals surface area contributed by atoms with Crippen molar-refractivity contribution in [2.24, 2.45) is 5.84 Å². The zero-order valence-electron chi connectivity index (χ0n) is 9.54. The second-order valence-electron chi connectivity index (χ2n) is 3.61. The van der Waals surface area contributed by atoms with Crippen LogP contribution in [0.1, 0.15) is 5.69 Å². The minimum absolute atomic E-state index is 0.269. The van der Waals surface area contributed by atoms with Gasteiger partial charge in [0.15, 0.2) is 0 Å². The van der Waals surface area contributed by atoms with Gasteiger partial charge >= 0.3 is 0 Å². The molecule has 18 heavy (non-hydrogen) atoms. The van der Waals surface area contributed by atoms with E-state index in [0.29, 0.717) is 22.2 Å². The molecular weight excluding hydrogens is 257 g/mol. The molecule has 0 aliphatic heterocycles. The fourth-order valence-corrected chi connectivity index (χ4v) is 1.59. The van der Waals surface area contributed by atoms with Crippen molar-refractivity contribution < 1.29 is 4.39 Å². The van der Waals surface area contributed by atoms with Gasteiger partial charge in [0.05, 0.1) is 10.7 Å². The van der Waals surface area contributed by atoms with E-state index in [0.717, 1.165) is 0 Å². The summed E-state index contributed by atoms with van der Waals surface area (Å²) in [7, 11) is 0. The van der Waals surface area contributed by atoms with Gasteiger partial charge in [-0.25, -0.2) is 15.2 Å². The third-order valence-electron chi connectivity index (χ3n) is 2.17. The number of hydrogen-bond donors (Lipinski definition) is 3. The molecule has 7 heteroatoms. The van der Waals surface area contributed by atoms with Gasteiger partial charge < -0.3 is 5.32 Å². The maximum Gasteiger partial charge on any atom is 0.239 e. The first kappa shape index (κ1) is 12.5. The van der Waals surface area contributed by atoms with Crippen LogP contribution in [0.15, 0.2) is 24.3 Å². The van der Waals surface area contributed by atoms with Crippen molar-refractivity contribution in [3.05, 3.63) is 40.8 Å². The fraction of sp³-hybridized carbons (Fsp3) is 0.0909. The summed E-state index contributed by atoms with van der Waals surface area (Å²) in [6.07, 6.45) is 0. The van der Waals surface area contributed by atoms with Crippen LogP contribution in [-0.2, 0) is 0 Å². The van der Waals surface area contributed by atoms with Crippen molar-refractivity contribution in [3.63, 3.8) is 0 Å². The number of halogens is 2. The molecule has 0 bridgehead atoms. The number of rotatable bonds is 3. The molecule has 5 nitrogen and oxygen atoms in total. The molecule has 0 unspecified atom stereocenters. The quantitative estimate of drug-likeness (QED) is 0.589. The molecule has 0 saturated carbocycles. The predicted octanol–water partition coefficient (Wildman–Crippen LogP) is 2.61. The first-order chi connectivity index (χ1) is 8.58. The number of benzene rings is 1. The van der Waals surface area contributed by atoms with Crippen molar-refractivity contribution in [3.8, 4) is 0 Å². The maximum atomic E-state index is 13.1. The number of hydrogen-bond acceptors (Lipinski definition) is 5. The molecule has 0 atom stereocenters. The van der Waals surface area contributed by atoms with E-state index in [1.54, 1.807) is 13.0 Å². The van der Waals surface area contributed by atoms with Gasteiger partial charge in [0, 0.05) is 11.8 Å². The van der Waals surface area contributed by atoms with E-state index in [9.17, 15) is 4.39 Å². The lowest BCUT2D eigenvalue weighted by Crippen LogP contribution is -2.12. The number of aryl methyl sites for hydroxylation is 1. The summed E-state index contributed by atoms with van der Waals surface area (Å²) in [5, 5.41) is 3.31. The van der Waals surface area contributed by atoms with E-state index in [1.165, 1.54) is 18.2 Å². The van der Waals surface area contributed by atoms with Gasteiger partial charge in [-0.15, -0.1) is 0 Å². The van der Waals surface area contributed by atoms with Crippen LogP contribution < -0.4 is 16.6 Å². The Kier molecular flexibility index (Phi) is 3.59.